The van der Waals surface area contributed by atoms with Crippen molar-refractivity contribution >= 4 is 23.2 Å². The second-order valence-electron chi connectivity index (χ2n) is 6.74. The summed E-state index contributed by atoms with van der Waals surface area (Å²) in [4.78, 5) is 28.8. The minimum absolute atomic E-state index is 0.0788. The lowest BCUT2D eigenvalue weighted by Gasteiger charge is -2.30. The topological polar surface area (TPSA) is 64.7 Å². The minimum atomic E-state index is -0.136. The fourth-order valence-corrected chi connectivity index (χ4v) is 3.37. The molecule has 6 heteroatoms. The van der Waals surface area contributed by atoms with Crippen LogP contribution in [0.25, 0.3) is 0 Å². The highest BCUT2D eigenvalue weighted by molar-refractivity contribution is 6.02. The van der Waals surface area contributed by atoms with Crippen LogP contribution in [0, 0.1) is 0 Å². The van der Waals surface area contributed by atoms with E-state index < -0.39 is 0 Å². The SMILES string of the molecule is CCN(CC)CCNC(=O)c1cc(NC(C)=O)ccc1N1CCCCC1. The zero-order valence-electron chi connectivity index (χ0n) is 16.3. The fourth-order valence-electron chi connectivity index (χ4n) is 3.37. The van der Waals surface area contributed by atoms with Crippen molar-refractivity contribution in [2.24, 2.45) is 0 Å². The Kier molecular flexibility index (Phi) is 7.91. The van der Waals surface area contributed by atoms with Crippen LogP contribution in [-0.2, 0) is 4.79 Å². The summed E-state index contributed by atoms with van der Waals surface area (Å²) in [5.74, 6) is -0.214. The molecule has 2 rings (SSSR count). The molecule has 2 amide bonds. The maximum absolute atomic E-state index is 12.8. The molecule has 0 spiro atoms. The fraction of sp³-hybridized carbons (Fsp3) is 0.600. The average Bonchev–Trinajstić information content (AvgIpc) is 2.65. The minimum Gasteiger partial charge on any atom is -0.371 e. The van der Waals surface area contributed by atoms with Gasteiger partial charge < -0.3 is 20.4 Å². The number of piperidine rings is 1. The van der Waals surface area contributed by atoms with Crippen LogP contribution in [-0.4, -0.2) is 56.0 Å². The molecule has 1 aliphatic heterocycles. The summed E-state index contributed by atoms with van der Waals surface area (Å²) in [7, 11) is 0. The van der Waals surface area contributed by atoms with Crippen LogP contribution in [0.4, 0.5) is 11.4 Å². The predicted molar refractivity (Wildman–Crippen MR) is 107 cm³/mol. The number of benzene rings is 1. The van der Waals surface area contributed by atoms with E-state index in [1.54, 1.807) is 6.07 Å². The van der Waals surface area contributed by atoms with E-state index in [2.05, 4.69) is 34.3 Å². The van der Waals surface area contributed by atoms with Crippen LogP contribution in [0.5, 0.6) is 0 Å². The third-order valence-electron chi connectivity index (χ3n) is 4.87. The lowest BCUT2D eigenvalue weighted by Crippen LogP contribution is -2.36. The van der Waals surface area contributed by atoms with Gasteiger partial charge in [-0.05, 0) is 50.6 Å². The van der Waals surface area contributed by atoms with Crippen LogP contribution >= 0.6 is 0 Å². The molecule has 0 radical (unpaired) electrons. The number of carbonyl (C=O) groups excluding carboxylic acids is 2. The van der Waals surface area contributed by atoms with Crippen molar-refractivity contribution in [3.63, 3.8) is 0 Å². The summed E-state index contributed by atoms with van der Waals surface area (Å²) in [6.07, 6.45) is 3.54. The molecule has 0 aliphatic carbocycles. The van der Waals surface area contributed by atoms with E-state index in [9.17, 15) is 9.59 Å². The van der Waals surface area contributed by atoms with Gasteiger partial charge in [0, 0.05) is 44.5 Å². The third kappa shape index (κ3) is 5.73. The van der Waals surface area contributed by atoms with Gasteiger partial charge in [0.15, 0.2) is 0 Å². The van der Waals surface area contributed by atoms with Gasteiger partial charge in [0.1, 0.15) is 0 Å². The Morgan fingerprint density at radius 1 is 1.12 bits per heavy atom. The van der Waals surface area contributed by atoms with Crippen LogP contribution in [0.3, 0.4) is 0 Å². The number of carbonyl (C=O) groups is 2. The number of anilines is 2. The van der Waals surface area contributed by atoms with Crippen molar-refractivity contribution < 1.29 is 9.59 Å². The maximum atomic E-state index is 12.8. The summed E-state index contributed by atoms with van der Waals surface area (Å²) in [6.45, 7) is 11.1. The molecule has 144 valence electrons. The second-order valence-corrected chi connectivity index (χ2v) is 6.74. The van der Waals surface area contributed by atoms with Gasteiger partial charge in [-0.1, -0.05) is 13.8 Å². The Bertz CT molecular complexity index is 608. The highest BCUT2D eigenvalue weighted by atomic mass is 16.2. The summed E-state index contributed by atoms with van der Waals surface area (Å²) in [5, 5.41) is 5.82. The van der Waals surface area contributed by atoms with Gasteiger partial charge >= 0.3 is 0 Å². The van der Waals surface area contributed by atoms with Gasteiger partial charge in [0.2, 0.25) is 5.91 Å². The number of rotatable bonds is 8. The lowest BCUT2D eigenvalue weighted by molar-refractivity contribution is -0.114. The zero-order valence-corrected chi connectivity index (χ0v) is 16.3. The number of amides is 2. The van der Waals surface area contributed by atoms with Crippen LogP contribution in [0.2, 0.25) is 0 Å². The molecule has 0 bridgehead atoms. The number of likely N-dealkylation sites (N-methyl/N-ethyl adjacent to an activating group) is 1. The van der Waals surface area contributed by atoms with E-state index in [0.717, 1.165) is 51.3 Å². The molecule has 1 aliphatic rings. The first-order valence-electron chi connectivity index (χ1n) is 9.72. The summed E-state index contributed by atoms with van der Waals surface area (Å²) < 4.78 is 0. The van der Waals surface area contributed by atoms with Crippen molar-refractivity contribution in [1.29, 1.82) is 0 Å². The van der Waals surface area contributed by atoms with E-state index in [1.807, 2.05) is 12.1 Å². The first kappa shape index (κ1) is 20.2. The molecular weight excluding hydrogens is 328 g/mol. The molecule has 0 aromatic heterocycles. The Morgan fingerprint density at radius 3 is 2.42 bits per heavy atom. The van der Waals surface area contributed by atoms with Gasteiger partial charge in [-0.2, -0.15) is 0 Å². The van der Waals surface area contributed by atoms with Crippen LogP contribution in [0.1, 0.15) is 50.4 Å². The Labute approximate surface area is 156 Å². The van der Waals surface area contributed by atoms with Gasteiger partial charge in [-0.15, -0.1) is 0 Å². The Balaban J connectivity index is 2.15. The molecule has 26 heavy (non-hydrogen) atoms. The van der Waals surface area contributed by atoms with Crippen molar-refractivity contribution in [1.82, 2.24) is 10.2 Å². The lowest BCUT2D eigenvalue weighted by atomic mass is 10.1. The van der Waals surface area contributed by atoms with Gasteiger partial charge in [0.25, 0.3) is 5.91 Å². The normalized spacial score (nSPS) is 14.4. The highest BCUT2D eigenvalue weighted by Crippen LogP contribution is 2.27. The van der Waals surface area contributed by atoms with E-state index in [-0.39, 0.29) is 11.8 Å². The maximum Gasteiger partial charge on any atom is 0.253 e. The van der Waals surface area contributed by atoms with Gasteiger partial charge in [-0.3, -0.25) is 9.59 Å². The Morgan fingerprint density at radius 2 is 1.81 bits per heavy atom. The zero-order chi connectivity index (χ0) is 18.9. The number of nitrogens with zero attached hydrogens (tertiary/aromatic N) is 2. The standard InChI is InChI=1S/C20H32N4O2/c1-4-23(5-2)14-11-21-20(26)18-15-17(22-16(3)25)9-10-19(18)24-12-7-6-8-13-24/h9-10,15H,4-8,11-14H2,1-3H3,(H,21,26)(H,22,25). The quantitative estimate of drug-likeness (QED) is 0.748. The molecule has 1 aromatic carbocycles. The van der Waals surface area contributed by atoms with Gasteiger partial charge in [0.05, 0.1) is 5.56 Å². The van der Waals surface area contributed by atoms with Crippen molar-refractivity contribution in [2.45, 2.75) is 40.0 Å². The molecule has 1 heterocycles. The Hall–Kier alpha value is -2.08. The smallest absolute Gasteiger partial charge is 0.253 e. The van der Waals surface area contributed by atoms with Crippen molar-refractivity contribution in [3.05, 3.63) is 23.8 Å². The van der Waals surface area contributed by atoms with E-state index in [1.165, 1.54) is 13.3 Å². The molecule has 0 unspecified atom stereocenters. The molecular formula is C20H32N4O2. The molecule has 1 fully saturated rings. The highest BCUT2D eigenvalue weighted by Gasteiger charge is 2.19. The summed E-state index contributed by atoms with van der Waals surface area (Å²) in [5.41, 5.74) is 2.25. The predicted octanol–water partition coefficient (Wildman–Crippen LogP) is 2.71. The monoisotopic (exact) mass is 360 g/mol. The largest absolute Gasteiger partial charge is 0.371 e. The molecule has 2 N–H and O–H groups in total. The summed E-state index contributed by atoms with van der Waals surface area (Å²) >= 11 is 0. The van der Waals surface area contributed by atoms with E-state index in [0.29, 0.717) is 17.8 Å². The average molecular weight is 361 g/mol. The number of nitrogens with one attached hydrogen (secondary N) is 2. The van der Waals surface area contributed by atoms with Crippen LogP contribution in [0.15, 0.2) is 18.2 Å². The molecule has 1 saturated heterocycles. The molecule has 0 atom stereocenters. The second kappa shape index (κ2) is 10.2. The van der Waals surface area contributed by atoms with Crippen molar-refractivity contribution in [3.8, 4) is 0 Å². The molecule has 0 saturated carbocycles. The molecule has 6 nitrogen and oxygen atoms in total. The van der Waals surface area contributed by atoms with E-state index in [4.69, 9.17) is 0 Å². The van der Waals surface area contributed by atoms with Crippen molar-refractivity contribution in [2.75, 3.05) is 49.5 Å². The number of hydrogen-bond donors (Lipinski definition) is 2. The van der Waals surface area contributed by atoms with Crippen LogP contribution < -0.4 is 15.5 Å². The molecule has 1 aromatic rings. The first-order chi connectivity index (χ1) is 12.5. The first-order valence-corrected chi connectivity index (χ1v) is 9.72. The summed E-state index contributed by atoms with van der Waals surface area (Å²) in [6, 6.07) is 5.62. The number of hydrogen-bond acceptors (Lipinski definition) is 4. The third-order valence-corrected chi connectivity index (χ3v) is 4.87. The van der Waals surface area contributed by atoms with E-state index >= 15 is 0 Å². The van der Waals surface area contributed by atoms with Gasteiger partial charge in [-0.25, -0.2) is 0 Å².